The normalized spacial score (nSPS) is 20.8. The average Bonchev–Trinajstić information content (AvgIpc) is 2.84. The summed E-state index contributed by atoms with van der Waals surface area (Å²) in [5, 5.41) is 3.22. The number of hydrogen-bond acceptors (Lipinski definition) is 6. The van der Waals surface area contributed by atoms with Gasteiger partial charge in [0, 0.05) is 36.9 Å². The predicted molar refractivity (Wildman–Crippen MR) is 125 cm³/mol. The molecule has 0 saturated carbocycles. The van der Waals surface area contributed by atoms with Crippen LogP contribution in [0.3, 0.4) is 0 Å². The molecule has 2 aromatic rings. The maximum atomic E-state index is 13.1. The van der Waals surface area contributed by atoms with Crippen molar-refractivity contribution >= 4 is 35.1 Å². The van der Waals surface area contributed by atoms with Gasteiger partial charge in [-0.1, -0.05) is 29.8 Å². The smallest absolute Gasteiger partial charge is 0.416 e. The third-order valence-corrected chi connectivity index (χ3v) is 6.22. The number of rotatable bonds is 4. The lowest BCUT2D eigenvalue weighted by Crippen LogP contribution is -2.57. The van der Waals surface area contributed by atoms with Gasteiger partial charge >= 0.3 is 12.1 Å². The van der Waals surface area contributed by atoms with E-state index in [0.29, 0.717) is 48.4 Å². The molecule has 2 aromatic carbocycles. The van der Waals surface area contributed by atoms with Gasteiger partial charge in [-0.25, -0.2) is 4.99 Å². The van der Waals surface area contributed by atoms with E-state index >= 15 is 0 Å². The molecule has 1 amide bonds. The molecule has 2 atom stereocenters. The second-order valence-electron chi connectivity index (χ2n) is 8.19. The number of anilines is 1. The summed E-state index contributed by atoms with van der Waals surface area (Å²) in [5.41, 5.74) is 0.426. The van der Waals surface area contributed by atoms with Gasteiger partial charge in [0.2, 0.25) is 11.9 Å². The molecule has 7 nitrogen and oxygen atoms in total. The highest BCUT2D eigenvalue weighted by molar-refractivity contribution is 6.30. The Morgan fingerprint density at radius 2 is 1.77 bits per heavy atom. The number of ether oxygens (including phenoxy) is 1. The Hall–Kier alpha value is -3.27. The summed E-state index contributed by atoms with van der Waals surface area (Å²) in [7, 11) is 0. The molecule has 1 saturated heterocycles. The lowest BCUT2D eigenvalue weighted by Gasteiger charge is -2.39. The van der Waals surface area contributed by atoms with Crippen LogP contribution in [0.25, 0.3) is 0 Å². The van der Waals surface area contributed by atoms with Crippen LogP contribution in [0.4, 0.5) is 18.9 Å². The van der Waals surface area contributed by atoms with Crippen LogP contribution in [0.1, 0.15) is 24.1 Å². The van der Waals surface area contributed by atoms with Crippen LogP contribution in [-0.4, -0.2) is 55.5 Å². The number of carbonyl (C=O) groups excluding carboxylic acids is 2. The number of carbonyl (C=O) groups is 2. The maximum Gasteiger partial charge on any atom is 0.416 e. The largest absolute Gasteiger partial charge is 0.465 e. The van der Waals surface area contributed by atoms with Crippen LogP contribution in [-0.2, 0) is 20.5 Å². The van der Waals surface area contributed by atoms with E-state index in [1.54, 1.807) is 37.3 Å². The first-order valence-electron chi connectivity index (χ1n) is 11.2. The Bertz CT molecular complexity index is 1120. The molecule has 4 rings (SSSR count). The van der Waals surface area contributed by atoms with Gasteiger partial charge in [0.25, 0.3) is 0 Å². The zero-order valence-electron chi connectivity index (χ0n) is 18.9. The Kier molecular flexibility index (Phi) is 7.20. The third-order valence-electron chi connectivity index (χ3n) is 5.96. The minimum Gasteiger partial charge on any atom is -0.465 e. The van der Waals surface area contributed by atoms with Crippen LogP contribution in [0.5, 0.6) is 0 Å². The van der Waals surface area contributed by atoms with E-state index in [9.17, 15) is 22.8 Å². The lowest BCUT2D eigenvalue weighted by molar-refractivity contribution is -0.153. The molecular weight excluding hydrogens is 485 g/mol. The molecule has 1 N–H and O–H groups in total. The van der Waals surface area contributed by atoms with Gasteiger partial charge in [-0.15, -0.1) is 0 Å². The van der Waals surface area contributed by atoms with Crippen molar-refractivity contribution in [2.24, 2.45) is 10.9 Å². The molecule has 0 unspecified atom stereocenters. The SMILES string of the molecule is CCOC(=O)[C@@H]1C(=O)NC(N2CCN(c3cccc(C(F)(F)F)c3)CC2)=N[C@H]1c1ccc(Cl)cc1. The highest BCUT2D eigenvalue weighted by atomic mass is 35.5. The van der Waals surface area contributed by atoms with Crippen LogP contribution < -0.4 is 10.2 Å². The van der Waals surface area contributed by atoms with Crippen LogP contribution in [0.15, 0.2) is 53.5 Å². The summed E-state index contributed by atoms with van der Waals surface area (Å²) in [6.45, 7) is 3.50. The van der Waals surface area contributed by atoms with Crippen molar-refractivity contribution in [2.75, 3.05) is 37.7 Å². The van der Waals surface area contributed by atoms with Gasteiger partial charge in [-0.3, -0.25) is 14.9 Å². The van der Waals surface area contributed by atoms with E-state index in [4.69, 9.17) is 16.3 Å². The highest BCUT2D eigenvalue weighted by Crippen LogP contribution is 2.33. The summed E-state index contributed by atoms with van der Waals surface area (Å²) in [6, 6.07) is 11.2. The molecule has 2 aliphatic rings. The second-order valence-corrected chi connectivity index (χ2v) is 8.63. The molecule has 0 spiro atoms. The van der Waals surface area contributed by atoms with Gasteiger partial charge in [0.05, 0.1) is 12.2 Å². The van der Waals surface area contributed by atoms with E-state index in [2.05, 4.69) is 10.3 Å². The molecule has 1 fully saturated rings. The Labute approximate surface area is 205 Å². The third kappa shape index (κ3) is 5.53. The number of hydrogen-bond donors (Lipinski definition) is 1. The van der Waals surface area contributed by atoms with Gasteiger partial charge in [-0.05, 0) is 42.8 Å². The van der Waals surface area contributed by atoms with Crippen molar-refractivity contribution in [1.29, 1.82) is 0 Å². The molecule has 0 aliphatic carbocycles. The van der Waals surface area contributed by atoms with Crippen molar-refractivity contribution in [3.05, 3.63) is 64.7 Å². The van der Waals surface area contributed by atoms with Crippen molar-refractivity contribution < 1.29 is 27.5 Å². The predicted octanol–water partition coefficient (Wildman–Crippen LogP) is 3.89. The Morgan fingerprint density at radius 3 is 2.40 bits per heavy atom. The molecule has 0 bridgehead atoms. The molecule has 186 valence electrons. The number of benzene rings is 2. The van der Waals surface area contributed by atoms with Gasteiger partial charge in [-0.2, -0.15) is 13.2 Å². The molecule has 35 heavy (non-hydrogen) atoms. The first-order chi connectivity index (χ1) is 16.7. The standard InChI is InChI=1S/C24H24ClF3N4O3/c1-2-35-22(34)19-20(15-6-8-17(25)9-7-15)29-23(30-21(19)33)32-12-10-31(11-13-32)18-5-3-4-16(14-18)24(26,27)28/h3-9,14,19-20H,2,10-13H2,1H3,(H,29,30,33)/t19-,20-/m0/s1. The summed E-state index contributed by atoms with van der Waals surface area (Å²) in [4.78, 5) is 33.9. The number of nitrogens with zero attached hydrogens (tertiary/aromatic N) is 3. The minimum absolute atomic E-state index is 0.129. The average molecular weight is 509 g/mol. The van der Waals surface area contributed by atoms with Gasteiger partial charge in [0.15, 0.2) is 5.92 Å². The summed E-state index contributed by atoms with van der Waals surface area (Å²) in [5.74, 6) is -2.01. The first kappa shape index (κ1) is 24.8. The molecule has 2 heterocycles. The summed E-state index contributed by atoms with van der Waals surface area (Å²) >= 11 is 6.00. The Balaban J connectivity index is 1.54. The fourth-order valence-corrected chi connectivity index (χ4v) is 4.31. The number of esters is 1. The molecular formula is C24H24ClF3N4O3. The van der Waals surface area contributed by atoms with Crippen LogP contribution in [0, 0.1) is 5.92 Å². The zero-order valence-corrected chi connectivity index (χ0v) is 19.6. The van der Waals surface area contributed by atoms with Crippen LogP contribution >= 0.6 is 11.6 Å². The quantitative estimate of drug-likeness (QED) is 0.501. The number of piperazine rings is 1. The summed E-state index contributed by atoms with van der Waals surface area (Å²) in [6.07, 6.45) is -4.41. The number of nitrogens with one attached hydrogen (secondary N) is 1. The Morgan fingerprint density at radius 1 is 1.11 bits per heavy atom. The monoisotopic (exact) mass is 508 g/mol. The topological polar surface area (TPSA) is 74.2 Å². The van der Waals surface area contributed by atoms with Crippen molar-refractivity contribution in [2.45, 2.75) is 19.1 Å². The van der Waals surface area contributed by atoms with Crippen molar-refractivity contribution in [3.63, 3.8) is 0 Å². The highest BCUT2D eigenvalue weighted by Gasteiger charge is 2.42. The van der Waals surface area contributed by atoms with E-state index in [1.165, 1.54) is 6.07 Å². The minimum atomic E-state index is -4.41. The van der Waals surface area contributed by atoms with E-state index in [-0.39, 0.29) is 6.61 Å². The zero-order chi connectivity index (χ0) is 25.2. The lowest BCUT2D eigenvalue weighted by atomic mass is 9.91. The number of guanidine groups is 1. The number of alkyl halides is 3. The number of amides is 1. The second kappa shape index (κ2) is 10.2. The van der Waals surface area contributed by atoms with E-state index in [0.717, 1.165) is 12.1 Å². The molecule has 2 aliphatic heterocycles. The van der Waals surface area contributed by atoms with E-state index < -0.39 is 35.6 Å². The van der Waals surface area contributed by atoms with Crippen molar-refractivity contribution in [1.82, 2.24) is 10.2 Å². The van der Waals surface area contributed by atoms with E-state index in [1.807, 2.05) is 9.80 Å². The fourth-order valence-electron chi connectivity index (χ4n) is 4.18. The molecule has 0 aromatic heterocycles. The molecule has 0 radical (unpaired) electrons. The van der Waals surface area contributed by atoms with Crippen LogP contribution in [0.2, 0.25) is 5.02 Å². The first-order valence-corrected chi connectivity index (χ1v) is 11.5. The van der Waals surface area contributed by atoms with Gasteiger partial charge in [0.1, 0.15) is 6.04 Å². The molecule has 11 heteroatoms. The summed E-state index contributed by atoms with van der Waals surface area (Å²) < 4.78 is 44.4. The maximum absolute atomic E-state index is 13.1. The number of halogens is 4. The fraction of sp³-hybridized carbons (Fsp3) is 0.375. The number of aliphatic imine (C=N–C) groups is 1. The van der Waals surface area contributed by atoms with Crippen molar-refractivity contribution in [3.8, 4) is 0 Å². The van der Waals surface area contributed by atoms with Gasteiger partial charge < -0.3 is 14.5 Å².